The fraction of sp³-hybridized carbons (Fsp3) is 0.300. The van der Waals surface area contributed by atoms with Crippen LogP contribution in [0.3, 0.4) is 0 Å². The first-order chi connectivity index (χ1) is 8.70. The molecule has 0 bridgehead atoms. The molecule has 106 valence electrons. The minimum Gasteiger partial charge on any atom is -0.351 e. The minimum atomic E-state index is -4.42. The quantitative estimate of drug-likeness (QED) is 0.526. The number of amides is 1. The first kappa shape index (κ1) is 15.7. The van der Waals surface area contributed by atoms with Gasteiger partial charge in [-0.1, -0.05) is 0 Å². The number of nitrogens with one attached hydrogen (secondary N) is 1. The smallest absolute Gasteiger partial charge is 0.351 e. The first-order valence-electron chi connectivity index (χ1n) is 4.84. The summed E-state index contributed by atoms with van der Waals surface area (Å²) in [6, 6.07) is 0.926. The molecule has 1 amide bonds. The highest BCUT2D eigenvalue weighted by atomic mass is 32.2. The predicted octanol–water partition coefficient (Wildman–Crippen LogP) is 3.09. The summed E-state index contributed by atoms with van der Waals surface area (Å²) in [5.41, 5.74) is -4.92. The summed E-state index contributed by atoms with van der Waals surface area (Å²) in [5.74, 6) is -6.24. The van der Waals surface area contributed by atoms with Crippen molar-refractivity contribution in [3.63, 3.8) is 0 Å². The lowest BCUT2D eigenvalue weighted by atomic mass is 10.2. The van der Waals surface area contributed by atoms with Gasteiger partial charge in [0.15, 0.2) is 17.5 Å². The summed E-state index contributed by atoms with van der Waals surface area (Å²) in [6.45, 7) is -0.344. The molecule has 19 heavy (non-hydrogen) atoms. The van der Waals surface area contributed by atoms with E-state index in [1.807, 2.05) is 5.32 Å². The van der Waals surface area contributed by atoms with E-state index in [1.54, 1.807) is 0 Å². The van der Waals surface area contributed by atoms with Gasteiger partial charge in [0.1, 0.15) is 0 Å². The van der Waals surface area contributed by atoms with Crippen LogP contribution in [0.25, 0.3) is 0 Å². The van der Waals surface area contributed by atoms with Crippen molar-refractivity contribution < 1.29 is 31.1 Å². The summed E-state index contributed by atoms with van der Waals surface area (Å²) in [6.07, 6.45) is 0. The number of benzene rings is 1. The van der Waals surface area contributed by atoms with Crippen LogP contribution < -0.4 is 5.32 Å². The van der Waals surface area contributed by atoms with Crippen LogP contribution in [0.1, 0.15) is 10.4 Å². The third-order valence-corrected chi connectivity index (χ3v) is 2.63. The average Bonchev–Trinajstić information content (AvgIpc) is 2.29. The number of carbonyl (C=O) groups excluding carboxylic acids is 1. The average molecular weight is 303 g/mol. The Morgan fingerprint density at radius 1 is 1.16 bits per heavy atom. The molecule has 0 unspecified atom stereocenters. The van der Waals surface area contributed by atoms with E-state index in [0.717, 1.165) is 0 Å². The van der Waals surface area contributed by atoms with Crippen LogP contribution in [-0.2, 0) is 0 Å². The highest BCUT2D eigenvalue weighted by molar-refractivity contribution is 8.00. The maximum Gasteiger partial charge on any atom is 0.441 e. The van der Waals surface area contributed by atoms with E-state index in [9.17, 15) is 31.1 Å². The second-order valence-electron chi connectivity index (χ2n) is 3.30. The van der Waals surface area contributed by atoms with Crippen molar-refractivity contribution in [1.29, 1.82) is 0 Å². The van der Waals surface area contributed by atoms with Crippen LogP contribution >= 0.6 is 11.8 Å². The molecule has 0 radical (unpaired) electrons. The zero-order chi connectivity index (χ0) is 14.6. The molecule has 1 aromatic carbocycles. The number of thioether (sulfide) groups is 1. The van der Waals surface area contributed by atoms with Crippen LogP contribution in [0.2, 0.25) is 0 Å². The second kappa shape index (κ2) is 6.18. The van der Waals surface area contributed by atoms with Gasteiger partial charge in [-0.25, -0.2) is 13.2 Å². The molecule has 1 aromatic rings. The maximum absolute atomic E-state index is 12.8. The van der Waals surface area contributed by atoms with Crippen LogP contribution in [0.5, 0.6) is 0 Å². The van der Waals surface area contributed by atoms with Crippen molar-refractivity contribution in [3.8, 4) is 0 Å². The third-order valence-electron chi connectivity index (χ3n) is 1.90. The number of hydrogen-bond donors (Lipinski definition) is 1. The van der Waals surface area contributed by atoms with Gasteiger partial charge >= 0.3 is 5.51 Å². The predicted molar refractivity (Wildman–Crippen MR) is 57.2 cm³/mol. The van der Waals surface area contributed by atoms with Gasteiger partial charge in [0.25, 0.3) is 5.91 Å². The van der Waals surface area contributed by atoms with Gasteiger partial charge in [-0.15, -0.1) is 0 Å². The summed E-state index contributed by atoms with van der Waals surface area (Å²) in [4.78, 5) is 11.3. The van der Waals surface area contributed by atoms with Crippen molar-refractivity contribution in [2.75, 3.05) is 12.3 Å². The van der Waals surface area contributed by atoms with Gasteiger partial charge in [0, 0.05) is 17.9 Å². The van der Waals surface area contributed by atoms with E-state index in [4.69, 9.17) is 0 Å². The van der Waals surface area contributed by atoms with E-state index < -0.39 is 40.2 Å². The Morgan fingerprint density at radius 2 is 1.68 bits per heavy atom. The Labute approximate surface area is 108 Å². The Hall–Kier alpha value is -1.38. The minimum absolute atomic E-state index is 0.343. The molecule has 0 aliphatic heterocycles. The van der Waals surface area contributed by atoms with E-state index >= 15 is 0 Å². The van der Waals surface area contributed by atoms with Crippen molar-refractivity contribution in [2.24, 2.45) is 0 Å². The van der Waals surface area contributed by atoms with E-state index in [-0.39, 0.29) is 18.3 Å². The summed E-state index contributed by atoms with van der Waals surface area (Å²) >= 11 is -0.343. The summed E-state index contributed by atoms with van der Waals surface area (Å²) in [7, 11) is 0. The zero-order valence-electron chi connectivity index (χ0n) is 9.15. The molecule has 9 heteroatoms. The number of hydrogen-bond acceptors (Lipinski definition) is 2. The molecule has 1 rings (SSSR count). The molecule has 1 N–H and O–H groups in total. The van der Waals surface area contributed by atoms with Crippen molar-refractivity contribution >= 4 is 17.7 Å². The molecular formula is C10H7F6NOS. The van der Waals surface area contributed by atoms with Gasteiger partial charge in [-0.2, -0.15) is 13.2 Å². The molecule has 0 spiro atoms. The van der Waals surface area contributed by atoms with E-state index in [2.05, 4.69) is 0 Å². The van der Waals surface area contributed by atoms with Crippen LogP contribution in [0.15, 0.2) is 12.1 Å². The Kier molecular flexibility index (Phi) is 5.10. The first-order valence-corrected chi connectivity index (χ1v) is 5.82. The van der Waals surface area contributed by atoms with Crippen LogP contribution in [0, 0.1) is 17.5 Å². The van der Waals surface area contributed by atoms with Gasteiger partial charge in [-0.05, 0) is 23.9 Å². The molecule has 0 fully saturated rings. The fourth-order valence-corrected chi connectivity index (χ4v) is 1.56. The topological polar surface area (TPSA) is 29.1 Å². The van der Waals surface area contributed by atoms with Gasteiger partial charge in [-0.3, -0.25) is 4.79 Å². The summed E-state index contributed by atoms with van der Waals surface area (Å²) in [5, 5.41) is 2.03. The Balaban J connectivity index is 2.55. The lowest BCUT2D eigenvalue weighted by Gasteiger charge is -2.07. The monoisotopic (exact) mass is 303 g/mol. The Morgan fingerprint density at radius 3 is 2.16 bits per heavy atom. The molecule has 0 atom stereocenters. The van der Waals surface area contributed by atoms with Crippen molar-refractivity contribution in [3.05, 3.63) is 35.1 Å². The van der Waals surface area contributed by atoms with Gasteiger partial charge in [0.2, 0.25) is 0 Å². The van der Waals surface area contributed by atoms with Crippen LogP contribution in [0.4, 0.5) is 26.3 Å². The maximum atomic E-state index is 12.8. The molecule has 0 heterocycles. The van der Waals surface area contributed by atoms with E-state index in [1.165, 1.54) is 0 Å². The second-order valence-corrected chi connectivity index (χ2v) is 4.46. The highest BCUT2D eigenvalue weighted by Crippen LogP contribution is 2.29. The number of halogens is 6. The zero-order valence-corrected chi connectivity index (χ0v) is 9.97. The van der Waals surface area contributed by atoms with Crippen LogP contribution in [-0.4, -0.2) is 23.7 Å². The molecule has 0 aliphatic carbocycles. The molecule has 0 saturated heterocycles. The SMILES string of the molecule is O=C(NCCSC(F)(F)F)c1cc(F)c(F)c(F)c1. The van der Waals surface area contributed by atoms with Crippen molar-refractivity contribution in [2.45, 2.75) is 5.51 Å². The third kappa shape index (κ3) is 5.01. The van der Waals surface area contributed by atoms with Gasteiger partial charge in [0.05, 0.1) is 0 Å². The van der Waals surface area contributed by atoms with E-state index in [0.29, 0.717) is 12.1 Å². The standard InChI is InChI=1S/C10H7F6NOS/c11-6-3-5(4-7(12)8(6)13)9(18)17-1-2-19-10(14,15)16/h3-4H,1-2H2,(H,17,18). The van der Waals surface area contributed by atoms with Crippen molar-refractivity contribution in [1.82, 2.24) is 5.32 Å². The largest absolute Gasteiger partial charge is 0.441 e. The summed E-state index contributed by atoms with van der Waals surface area (Å²) < 4.78 is 73.5. The normalized spacial score (nSPS) is 11.5. The fourth-order valence-electron chi connectivity index (χ4n) is 1.12. The molecule has 0 saturated carbocycles. The molecule has 0 aromatic heterocycles. The lowest BCUT2D eigenvalue weighted by molar-refractivity contribution is -0.0327. The number of rotatable bonds is 4. The van der Waals surface area contributed by atoms with Gasteiger partial charge < -0.3 is 5.32 Å². The molecule has 0 aliphatic rings. The molecule has 2 nitrogen and oxygen atoms in total. The number of alkyl halides is 3. The Bertz CT molecular complexity index is 453. The number of carbonyl (C=O) groups is 1. The lowest BCUT2D eigenvalue weighted by Crippen LogP contribution is -2.26. The highest BCUT2D eigenvalue weighted by Gasteiger charge is 2.27. The molecular weight excluding hydrogens is 296 g/mol.